The summed E-state index contributed by atoms with van der Waals surface area (Å²) >= 11 is 9.93. The summed E-state index contributed by atoms with van der Waals surface area (Å²) in [7, 11) is -3.69. The molecule has 2 rings (SSSR count). The van der Waals surface area contributed by atoms with Crippen LogP contribution in [-0.2, 0) is 10.0 Å². The van der Waals surface area contributed by atoms with Gasteiger partial charge in [-0.3, -0.25) is 4.72 Å². The van der Waals surface area contributed by atoms with Gasteiger partial charge in [-0.15, -0.1) is 11.3 Å². The molecule has 0 bridgehead atoms. The van der Waals surface area contributed by atoms with Crippen LogP contribution in [0.2, 0.25) is 5.02 Å². The summed E-state index contributed by atoms with van der Waals surface area (Å²) in [5.41, 5.74) is 0.385. The van der Waals surface area contributed by atoms with Crippen LogP contribution < -0.4 is 4.72 Å². The Morgan fingerprint density at radius 2 is 2.05 bits per heavy atom. The minimum absolute atomic E-state index is 0.0888. The Hall–Kier alpha value is -1.07. The molecule has 1 aromatic heterocycles. The molecule has 8 heteroatoms. The fourth-order valence-electron chi connectivity index (χ4n) is 1.29. The molecule has 0 fully saturated rings. The molecular weight excluding hydrogens is 372 g/mol. The van der Waals surface area contributed by atoms with Gasteiger partial charge >= 0.3 is 0 Å². The van der Waals surface area contributed by atoms with Crippen LogP contribution >= 0.6 is 38.9 Å². The van der Waals surface area contributed by atoms with Crippen molar-refractivity contribution < 1.29 is 8.42 Å². The number of nitrogens with zero attached hydrogens (tertiary/aromatic N) is 1. The number of nitrogens with one attached hydrogen (secondary N) is 1. The molecule has 2 aromatic rings. The summed E-state index contributed by atoms with van der Waals surface area (Å²) in [6, 6.07) is 9.50. The standard InChI is InChI=1S/C11H6BrClN2O2S2/c12-9-5-7(13)1-3-10(9)15-19(16,17)11-4-2-8(6-14)18-11/h1-5,15H. The third kappa shape index (κ3) is 3.28. The van der Waals surface area contributed by atoms with Crippen LogP contribution in [0.25, 0.3) is 0 Å². The van der Waals surface area contributed by atoms with Crippen LogP contribution in [0.3, 0.4) is 0 Å². The van der Waals surface area contributed by atoms with Gasteiger partial charge in [0.25, 0.3) is 10.0 Å². The maximum absolute atomic E-state index is 12.1. The quantitative estimate of drug-likeness (QED) is 0.883. The minimum atomic E-state index is -3.69. The fourth-order valence-corrected chi connectivity index (χ4v) is 4.39. The molecule has 0 saturated heterocycles. The third-order valence-electron chi connectivity index (χ3n) is 2.13. The van der Waals surface area contributed by atoms with E-state index in [9.17, 15) is 8.42 Å². The van der Waals surface area contributed by atoms with Crippen molar-refractivity contribution in [2.24, 2.45) is 0 Å². The maximum Gasteiger partial charge on any atom is 0.271 e. The first-order valence-corrected chi connectivity index (χ1v) is 8.37. The summed E-state index contributed by atoms with van der Waals surface area (Å²) in [5.74, 6) is 0. The van der Waals surface area contributed by atoms with Crippen molar-refractivity contribution in [1.82, 2.24) is 0 Å². The fraction of sp³-hybridized carbons (Fsp3) is 0. The Labute approximate surface area is 127 Å². The number of hydrogen-bond donors (Lipinski definition) is 1. The zero-order chi connectivity index (χ0) is 14.0. The molecule has 1 aromatic carbocycles. The largest absolute Gasteiger partial charge is 0.278 e. The summed E-state index contributed by atoms with van der Waals surface area (Å²) in [6.07, 6.45) is 0. The first kappa shape index (κ1) is 14.3. The zero-order valence-corrected chi connectivity index (χ0v) is 13.2. The average molecular weight is 378 g/mol. The van der Waals surface area contributed by atoms with E-state index in [-0.39, 0.29) is 4.21 Å². The Balaban J connectivity index is 2.34. The molecule has 0 aliphatic carbocycles. The third-order valence-corrected chi connectivity index (χ3v) is 5.87. The zero-order valence-electron chi connectivity index (χ0n) is 9.22. The van der Waals surface area contributed by atoms with Gasteiger partial charge in [0.05, 0.1) is 5.69 Å². The van der Waals surface area contributed by atoms with Gasteiger partial charge in [0.15, 0.2) is 0 Å². The van der Waals surface area contributed by atoms with Crippen molar-refractivity contribution in [2.45, 2.75) is 4.21 Å². The Kier molecular flexibility index (Phi) is 4.16. The van der Waals surface area contributed by atoms with Crippen molar-refractivity contribution in [3.8, 4) is 6.07 Å². The van der Waals surface area contributed by atoms with Gasteiger partial charge in [0, 0.05) is 9.50 Å². The molecule has 1 N–H and O–H groups in total. The van der Waals surface area contributed by atoms with Gasteiger partial charge < -0.3 is 0 Å². The summed E-state index contributed by atoms with van der Waals surface area (Å²) in [5, 5.41) is 9.20. The Morgan fingerprint density at radius 3 is 2.63 bits per heavy atom. The summed E-state index contributed by atoms with van der Waals surface area (Å²) < 4.78 is 27.3. The molecule has 0 amide bonds. The van der Waals surface area contributed by atoms with E-state index in [4.69, 9.17) is 16.9 Å². The van der Waals surface area contributed by atoms with Crippen LogP contribution in [0.4, 0.5) is 5.69 Å². The molecule has 0 atom stereocenters. The van der Waals surface area contributed by atoms with Gasteiger partial charge in [-0.2, -0.15) is 5.26 Å². The first-order valence-electron chi connectivity index (χ1n) is 4.90. The predicted octanol–water partition coefficient (Wildman–Crippen LogP) is 3.84. The molecule has 1 heterocycles. The molecule has 0 spiro atoms. The second-order valence-electron chi connectivity index (χ2n) is 3.46. The van der Waals surface area contributed by atoms with Crippen molar-refractivity contribution in [3.05, 3.63) is 44.7 Å². The van der Waals surface area contributed by atoms with Gasteiger partial charge in [-0.25, -0.2) is 8.42 Å². The normalized spacial score (nSPS) is 11.0. The first-order chi connectivity index (χ1) is 8.92. The van der Waals surface area contributed by atoms with E-state index in [1.165, 1.54) is 12.1 Å². The molecule has 0 unspecified atom stereocenters. The van der Waals surface area contributed by atoms with Crippen LogP contribution in [0, 0.1) is 11.3 Å². The maximum atomic E-state index is 12.1. The number of anilines is 1. The summed E-state index contributed by atoms with van der Waals surface area (Å²) in [4.78, 5) is 0.343. The van der Waals surface area contributed by atoms with Crippen molar-refractivity contribution in [2.75, 3.05) is 4.72 Å². The highest BCUT2D eigenvalue weighted by molar-refractivity contribution is 9.10. The highest BCUT2D eigenvalue weighted by Crippen LogP contribution is 2.29. The van der Waals surface area contributed by atoms with Crippen LogP contribution in [0.1, 0.15) is 4.88 Å². The lowest BCUT2D eigenvalue weighted by atomic mass is 10.3. The minimum Gasteiger partial charge on any atom is -0.278 e. The lowest BCUT2D eigenvalue weighted by Crippen LogP contribution is -2.11. The monoisotopic (exact) mass is 376 g/mol. The smallest absolute Gasteiger partial charge is 0.271 e. The molecule has 0 radical (unpaired) electrons. The number of rotatable bonds is 3. The number of sulfonamides is 1. The molecule has 19 heavy (non-hydrogen) atoms. The van der Waals surface area contributed by atoms with Crippen LogP contribution in [0.15, 0.2) is 39.0 Å². The highest BCUT2D eigenvalue weighted by Gasteiger charge is 2.18. The van der Waals surface area contributed by atoms with E-state index in [0.717, 1.165) is 11.3 Å². The molecule has 0 aliphatic heterocycles. The number of hydrogen-bond acceptors (Lipinski definition) is 4. The number of benzene rings is 1. The van der Waals surface area contributed by atoms with E-state index in [1.807, 2.05) is 6.07 Å². The molecule has 4 nitrogen and oxygen atoms in total. The van der Waals surface area contributed by atoms with Gasteiger partial charge in [0.2, 0.25) is 0 Å². The second kappa shape index (κ2) is 5.51. The van der Waals surface area contributed by atoms with Crippen molar-refractivity contribution >= 4 is 54.6 Å². The summed E-state index contributed by atoms with van der Waals surface area (Å²) in [6.45, 7) is 0. The van der Waals surface area contributed by atoms with E-state index >= 15 is 0 Å². The van der Waals surface area contributed by atoms with Gasteiger partial charge in [-0.1, -0.05) is 11.6 Å². The van der Waals surface area contributed by atoms with E-state index < -0.39 is 10.0 Å². The molecule has 0 aliphatic rings. The topological polar surface area (TPSA) is 70.0 Å². The number of thiophene rings is 1. The highest BCUT2D eigenvalue weighted by atomic mass is 79.9. The van der Waals surface area contributed by atoms with E-state index in [2.05, 4.69) is 20.7 Å². The SMILES string of the molecule is N#Cc1ccc(S(=O)(=O)Nc2ccc(Cl)cc2Br)s1. The Morgan fingerprint density at radius 1 is 1.32 bits per heavy atom. The van der Waals surface area contributed by atoms with E-state index in [0.29, 0.717) is 20.1 Å². The van der Waals surface area contributed by atoms with E-state index in [1.54, 1.807) is 18.2 Å². The lowest BCUT2D eigenvalue weighted by molar-refractivity contribution is 0.603. The van der Waals surface area contributed by atoms with Gasteiger partial charge in [-0.05, 0) is 46.3 Å². The van der Waals surface area contributed by atoms with Crippen LogP contribution in [0.5, 0.6) is 0 Å². The molecular formula is C11H6BrClN2O2S2. The predicted molar refractivity (Wildman–Crippen MR) is 79.0 cm³/mol. The lowest BCUT2D eigenvalue weighted by Gasteiger charge is -2.08. The molecule has 0 saturated carbocycles. The second-order valence-corrected chi connectivity index (χ2v) is 7.74. The Bertz CT molecular complexity index is 765. The molecule has 98 valence electrons. The number of halogens is 2. The van der Waals surface area contributed by atoms with Crippen LogP contribution in [-0.4, -0.2) is 8.42 Å². The van der Waals surface area contributed by atoms with Crippen molar-refractivity contribution in [3.63, 3.8) is 0 Å². The van der Waals surface area contributed by atoms with Crippen molar-refractivity contribution in [1.29, 1.82) is 5.26 Å². The number of nitriles is 1. The van der Waals surface area contributed by atoms with Gasteiger partial charge in [0.1, 0.15) is 15.2 Å². The average Bonchev–Trinajstić information content (AvgIpc) is 2.82.